The second-order valence-corrected chi connectivity index (χ2v) is 7.62. The third-order valence-corrected chi connectivity index (χ3v) is 5.58. The number of nitrogens with one attached hydrogen (secondary N) is 1. The molecule has 4 rings (SSSR count). The van der Waals surface area contributed by atoms with Crippen molar-refractivity contribution in [2.45, 2.75) is 6.10 Å². The van der Waals surface area contributed by atoms with Crippen molar-refractivity contribution in [2.24, 2.45) is 0 Å². The fraction of sp³-hybridized carbons (Fsp3) is 0.182. The third-order valence-electron chi connectivity index (χ3n) is 4.71. The molecule has 0 radical (unpaired) electrons. The van der Waals surface area contributed by atoms with Gasteiger partial charge in [0.15, 0.2) is 0 Å². The Morgan fingerprint density at radius 2 is 1.93 bits per heavy atom. The normalized spacial score (nSPS) is 16.4. The quantitative estimate of drug-likeness (QED) is 0.696. The highest BCUT2D eigenvalue weighted by Crippen LogP contribution is 2.24. The molecule has 1 aromatic heterocycles. The predicted octanol–water partition coefficient (Wildman–Crippen LogP) is 4.35. The third kappa shape index (κ3) is 4.52. The van der Waals surface area contributed by atoms with Gasteiger partial charge in [0.1, 0.15) is 11.9 Å². The molecule has 0 spiro atoms. The first-order valence-corrected chi connectivity index (χ1v) is 10.1. The van der Waals surface area contributed by atoms with Crippen molar-refractivity contribution >= 4 is 28.8 Å². The van der Waals surface area contributed by atoms with Crippen molar-refractivity contribution in [1.29, 1.82) is 0 Å². The molecule has 1 aliphatic heterocycles. The van der Waals surface area contributed by atoms with E-state index in [-0.39, 0.29) is 23.7 Å². The minimum absolute atomic E-state index is 0.132. The van der Waals surface area contributed by atoms with Crippen LogP contribution in [0.25, 0.3) is 0 Å². The van der Waals surface area contributed by atoms with E-state index in [2.05, 4.69) is 5.32 Å². The number of benzene rings is 2. The lowest BCUT2D eigenvalue weighted by atomic mass is 10.1. The first-order chi connectivity index (χ1) is 14.1. The van der Waals surface area contributed by atoms with E-state index in [1.165, 1.54) is 23.5 Å². The van der Waals surface area contributed by atoms with Crippen LogP contribution < -0.4 is 5.32 Å². The first-order valence-electron chi connectivity index (χ1n) is 9.21. The Morgan fingerprint density at radius 3 is 2.69 bits per heavy atom. The number of anilines is 1. The van der Waals surface area contributed by atoms with Gasteiger partial charge in [0.2, 0.25) is 0 Å². The molecule has 2 aromatic carbocycles. The van der Waals surface area contributed by atoms with Crippen molar-refractivity contribution in [2.75, 3.05) is 25.0 Å². The lowest BCUT2D eigenvalue weighted by Gasteiger charge is -2.33. The summed E-state index contributed by atoms with van der Waals surface area (Å²) < 4.78 is 18.9. The van der Waals surface area contributed by atoms with Gasteiger partial charge in [-0.15, -0.1) is 11.3 Å². The van der Waals surface area contributed by atoms with Crippen molar-refractivity contribution < 1.29 is 18.7 Å². The van der Waals surface area contributed by atoms with Crippen LogP contribution in [-0.4, -0.2) is 36.4 Å². The van der Waals surface area contributed by atoms with Crippen LogP contribution in [0.15, 0.2) is 66.0 Å². The average Bonchev–Trinajstić information content (AvgIpc) is 3.29. The number of halogens is 1. The number of morpholine rings is 1. The zero-order valence-corrected chi connectivity index (χ0v) is 16.3. The molecule has 1 saturated heterocycles. The van der Waals surface area contributed by atoms with Crippen LogP contribution >= 0.6 is 11.3 Å². The average molecular weight is 410 g/mol. The van der Waals surface area contributed by atoms with Gasteiger partial charge < -0.3 is 15.0 Å². The zero-order chi connectivity index (χ0) is 20.2. The highest BCUT2D eigenvalue weighted by atomic mass is 32.1. The van der Waals surface area contributed by atoms with Crippen molar-refractivity contribution in [1.82, 2.24) is 4.90 Å². The second kappa shape index (κ2) is 8.55. The number of carbonyl (C=O) groups excluding carboxylic acids is 2. The summed E-state index contributed by atoms with van der Waals surface area (Å²) in [5.74, 6) is -0.640. The number of thiophene rings is 1. The largest absolute Gasteiger partial charge is 0.370 e. The van der Waals surface area contributed by atoms with Gasteiger partial charge in [-0.2, -0.15) is 0 Å². The summed E-state index contributed by atoms with van der Waals surface area (Å²) in [4.78, 5) is 27.6. The minimum atomic E-state index is -0.307. The van der Waals surface area contributed by atoms with Gasteiger partial charge in [-0.1, -0.05) is 24.3 Å². The lowest BCUT2D eigenvalue weighted by Crippen LogP contribution is -2.42. The maximum Gasteiger partial charge on any atom is 0.265 e. The number of ether oxygens (including phenoxy) is 1. The number of rotatable bonds is 4. The molecular weight excluding hydrogens is 391 g/mol. The number of carbonyl (C=O) groups is 2. The summed E-state index contributed by atoms with van der Waals surface area (Å²) in [6, 6.07) is 16.6. The molecule has 3 aromatic rings. The van der Waals surface area contributed by atoms with E-state index < -0.39 is 0 Å². The lowest BCUT2D eigenvalue weighted by molar-refractivity contribution is -0.0228. The van der Waals surface area contributed by atoms with Gasteiger partial charge in [0.05, 0.1) is 18.0 Å². The van der Waals surface area contributed by atoms with Crippen LogP contribution in [0.4, 0.5) is 10.1 Å². The Balaban J connectivity index is 1.46. The van der Waals surface area contributed by atoms with Crippen LogP contribution in [0.5, 0.6) is 0 Å². The van der Waals surface area contributed by atoms with E-state index in [4.69, 9.17) is 4.74 Å². The maximum absolute atomic E-state index is 13.2. The van der Waals surface area contributed by atoms with Crippen LogP contribution in [0.1, 0.15) is 31.7 Å². The molecular formula is C22H19FN2O3S. The van der Waals surface area contributed by atoms with Crippen LogP contribution in [0.3, 0.4) is 0 Å². The summed E-state index contributed by atoms with van der Waals surface area (Å²) in [5.41, 5.74) is 1.90. The number of hydrogen-bond donors (Lipinski definition) is 1. The Morgan fingerprint density at radius 1 is 1.10 bits per heavy atom. The van der Waals surface area contributed by atoms with Crippen molar-refractivity contribution in [3.05, 3.63) is 87.9 Å². The zero-order valence-electron chi connectivity index (χ0n) is 15.5. The molecule has 0 bridgehead atoms. The van der Waals surface area contributed by atoms with Gasteiger partial charge in [0, 0.05) is 17.8 Å². The smallest absolute Gasteiger partial charge is 0.265 e. The molecule has 148 valence electrons. The summed E-state index contributed by atoms with van der Waals surface area (Å²) in [7, 11) is 0. The summed E-state index contributed by atoms with van der Waals surface area (Å²) >= 11 is 1.36. The molecule has 0 aliphatic carbocycles. The Bertz CT molecular complexity index is 1010. The topological polar surface area (TPSA) is 58.6 Å². The molecule has 5 nitrogen and oxygen atoms in total. The van der Waals surface area contributed by atoms with Crippen LogP contribution in [-0.2, 0) is 4.74 Å². The number of nitrogens with zero attached hydrogens (tertiary/aromatic N) is 1. The fourth-order valence-corrected chi connectivity index (χ4v) is 3.84. The Hall–Kier alpha value is -3.03. The molecule has 2 heterocycles. The second-order valence-electron chi connectivity index (χ2n) is 6.67. The van der Waals surface area contributed by atoms with Gasteiger partial charge in [-0.05, 0) is 47.3 Å². The predicted molar refractivity (Wildman–Crippen MR) is 110 cm³/mol. The molecule has 2 amide bonds. The van der Waals surface area contributed by atoms with Gasteiger partial charge in [-0.25, -0.2) is 4.39 Å². The number of amides is 2. The first kappa shape index (κ1) is 19.3. The van der Waals surface area contributed by atoms with E-state index in [9.17, 15) is 14.0 Å². The fourth-order valence-electron chi connectivity index (χ4n) is 3.23. The summed E-state index contributed by atoms with van der Waals surface area (Å²) in [6.45, 7) is 1.27. The van der Waals surface area contributed by atoms with E-state index in [0.717, 1.165) is 5.56 Å². The number of hydrogen-bond acceptors (Lipinski definition) is 4. The van der Waals surface area contributed by atoms with E-state index in [0.29, 0.717) is 35.8 Å². The van der Waals surface area contributed by atoms with Crippen molar-refractivity contribution in [3.63, 3.8) is 0 Å². The highest BCUT2D eigenvalue weighted by molar-refractivity contribution is 7.12. The maximum atomic E-state index is 13.2. The summed E-state index contributed by atoms with van der Waals surface area (Å²) in [5, 5.41) is 4.66. The molecule has 1 unspecified atom stereocenters. The standard InChI is InChI=1S/C22H19FN2O3S/c23-17-8-6-15(7-9-17)19-14-25(10-11-28-19)22(27)16-3-1-4-18(13-16)24-21(26)20-5-2-12-29-20/h1-9,12-13,19H,10-11,14H2,(H,24,26). The molecule has 1 N–H and O–H groups in total. The minimum Gasteiger partial charge on any atom is -0.370 e. The molecule has 0 saturated carbocycles. The van der Waals surface area contributed by atoms with Crippen LogP contribution in [0, 0.1) is 5.82 Å². The highest BCUT2D eigenvalue weighted by Gasteiger charge is 2.26. The van der Waals surface area contributed by atoms with Crippen LogP contribution in [0.2, 0.25) is 0 Å². The monoisotopic (exact) mass is 410 g/mol. The Kier molecular flexibility index (Phi) is 5.69. The summed E-state index contributed by atoms with van der Waals surface area (Å²) in [6.07, 6.45) is -0.296. The molecule has 29 heavy (non-hydrogen) atoms. The Labute approximate surface area is 171 Å². The van der Waals surface area contributed by atoms with Gasteiger partial charge >= 0.3 is 0 Å². The van der Waals surface area contributed by atoms with Gasteiger partial charge in [0.25, 0.3) is 11.8 Å². The molecule has 1 atom stereocenters. The SMILES string of the molecule is O=C(Nc1cccc(C(=O)N2CCOC(c3ccc(F)cc3)C2)c1)c1cccs1. The van der Waals surface area contributed by atoms with Crippen molar-refractivity contribution in [3.8, 4) is 0 Å². The van der Waals surface area contributed by atoms with Gasteiger partial charge in [-0.3, -0.25) is 9.59 Å². The van der Waals surface area contributed by atoms with E-state index in [1.807, 2.05) is 11.4 Å². The molecule has 1 aliphatic rings. The molecule has 7 heteroatoms. The van der Waals surface area contributed by atoms with E-state index >= 15 is 0 Å². The van der Waals surface area contributed by atoms with E-state index in [1.54, 1.807) is 47.4 Å². The molecule has 1 fully saturated rings.